The molecule has 1 aromatic rings. The number of hydrogen-bond acceptors (Lipinski definition) is 3. The fourth-order valence-corrected chi connectivity index (χ4v) is 1.90. The predicted molar refractivity (Wildman–Crippen MR) is 61.0 cm³/mol. The maximum atomic E-state index is 12.4. The third-order valence-electron chi connectivity index (χ3n) is 2.95. The summed E-state index contributed by atoms with van der Waals surface area (Å²) in [6, 6.07) is 2.28. The number of alkyl halides is 3. The maximum absolute atomic E-state index is 12.4. The van der Waals surface area contributed by atoms with Crippen LogP contribution in [0, 0.1) is 0 Å². The average Bonchev–Trinajstić information content (AvgIpc) is 2.38. The highest BCUT2D eigenvalue weighted by Crippen LogP contribution is 2.28. The van der Waals surface area contributed by atoms with Crippen molar-refractivity contribution in [2.75, 3.05) is 31.1 Å². The smallest absolute Gasteiger partial charge is 0.433 e. The first-order valence-electron chi connectivity index (χ1n) is 5.64. The Hall–Kier alpha value is -1.99. The Morgan fingerprint density at radius 3 is 2.26 bits per heavy atom. The van der Waals surface area contributed by atoms with E-state index in [1.165, 1.54) is 17.2 Å². The number of hydrogen-bond donors (Lipinski definition) is 1. The summed E-state index contributed by atoms with van der Waals surface area (Å²) in [6.07, 6.45) is -4.26. The van der Waals surface area contributed by atoms with Gasteiger partial charge < -0.3 is 14.9 Å². The highest BCUT2D eigenvalue weighted by molar-refractivity contribution is 5.65. The van der Waals surface area contributed by atoms with Gasteiger partial charge in [-0.2, -0.15) is 13.2 Å². The summed E-state index contributed by atoms with van der Waals surface area (Å²) in [7, 11) is 0. The van der Waals surface area contributed by atoms with Gasteiger partial charge in [0.25, 0.3) is 0 Å². The number of piperazine rings is 1. The van der Waals surface area contributed by atoms with Crippen LogP contribution in [0.4, 0.5) is 23.7 Å². The van der Waals surface area contributed by atoms with Crippen LogP contribution in [-0.4, -0.2) is 47.3 Å². The minimum atomic E-state index is -4.44. The van der Waals surface area contributed by atoms with E-state index in [0.29, 0.717) is 31.9 Å². The van der Waals surface area contributed by atoms with Gasteiger partial charge in [0.15, 0.2) is 0 Å². The van der Waals surface area contributed by atoms with Gasteiger partial charge in [-0.25, -0.2) is 9.78 Å². The Balaban J connectivity index is 2.02. The number of aromatic nitrogens is 1. The summed E-state index contributed by atoms with van der Waals surface area (Å²) in [5, 5.41) is 8.79. The molecule has 2 rings (SSSR count). The number of anilines is 1. The first-order chi connectivity index (χ1) is 8.88. The van der Waals surface area contributed by atoms with Gasteiger partial charge in [0, 0.05) is 26.2 Å². The maximum Gasteiger partial charge on any atom is 0.433 e. The summed E-state index contributed by atoms with van der Waals surface area (Å²) >= 11 is 0. The summed E-state index contributed by atoms with van der Waals surface area (Å²) in [6.45, 7) is 1.55. The van der Waals surface area contributed by atoms with Crippen molar-refractivity contribution >= 4 is 11.8 Å². The second kappa shape index (κ2) is 4.94. The van der Waals surface area contributed by atoms with E-state index in [9.17, 15) is 18.0 Å². The molecule has 1 fully saturated rings. The average molecular weight is 275 g/mol. The minimum absolute atomic E-state index is 0.330. The van der Waals surface area contributed by atoms with Crippen molar-refractivity contribution in [2.24, 2.45) is 0 Å². The number of nitrogens with zero attached hydrogens (tertiary/aromatic N) is 3. The van der Waals surface area contributed by atoms with Gasteiger partial charge in [-0.3, -0.25) is 0 Å². The Labute approximate surface area is 107 Å². The fourth-order valence-electron chi connectivity index (χ4n) is 1.90. The lowest BCUT2D eigenvalue weighted by Crippen LogP contribution is -2.48. The number of halogens is 3. The van der Waals surface area contributed by atoms with Crippen LogP contribution < -0.4 is 4.90 Å². The quantitative estimate of drug-likeness (QED) is 0.850. The molecular weight excluding hydrogens is 263 g/mol. The molecule has 19 heavy (non-hydrogen) atoms. The third-order valence-corrected chi connectivity index (χ3v) is 2.95. The van der Waals surface area contributed by atoms with Crippen LogP contribution in [0.1, 0.15) is 5.69 Å². The molecule has 1 aromatic heterocycles. The predicted octanol–water partition coefficient (Wildman–Crippen LogP) is 1.90. The highest BCUT2D eigenvalue weighted by Gasteiger charge is 2.32. The summed E-state index contributed by atoms with van der Waals surface area (Å²) in [4.78, 5) is 17.2. The third kappa shape index (κ3) is 3.07. The van der Waals surface area contributed by atoms with Crippen molar-refractivity contribution in [3.8, 4) is 0 Å². The molecule has 1 amide bonds. The standard InChI is InChI=1S/C11H12F3N3O2/c12-11(13,14)9-2-1-8(7-15-9)16-3-5-17(6-4-16)10(18)19/h1-2,7H,3-6H2,(H,18,19). The lowest BCUT2D eigenvalue weighted by molar-refractivity contribution is -0.141. The van der Waals surface area contributed by atoms with Crippen molar-refractivity contribution in [2.45, 2.75) is 6.18 Å². The van der Waals surface area contributed by atoms with Gasteiger partial charge in [0.05, 0.1) is 11.9 Å². The van der Waals surface area contributed by atoms with E-state index < -0.39 is 18.0 Å². The molecule has 0 unspecified atom stereocenters. The largest absolute Gasteiger partial charge is 0.465 e. The summed E-state index contributed by atoms with van der Waals surface area (Å²) in [5.41, 5.74) is -0.363. The van der Waals surface area contributed by atoms with Gasteiger partial charge in [0.2, 0.25) is 0 Å². The molecule has 0 saturated carbocycles. The number of carbonyl (C=O) groups is 1. The molecule has 2 heterocycles. The van der Waals surface area contributed by atoms with Crippen LogP contribution in [0.3, 0.4) is 0 Å². The summed E-state index contributed by atoms with van der Waals surface area (Å²) < 4.78 is 37.1. The molecule has 1 aliphatic heterocycles. The van der Waals surface area contributed by atoms with Crippen LogP contribution in [0.25, 0.3) is 0 Å². The SMILES string of the molecule is O=C(O)N1CCN(c2ccc(C(F)(F)F)nc2)CC1. The van der Waals surface area contributed by atoms with Crippen molar-refractivity contribution < 1.29 is 23.1 Å². The molecule has 0 aliphatic carbocycles. The van der Waals surface area contributed by atoms with Crippen molar-refractivity contribution in [3.63, 3.8) is 0 Å². The molecular formula is C11H12F3N3O2. The topological polar surface area (TPSA) is 56.7 Å². The molecule has 1 aliphatic rings. The van der Waals surface area contributed by atoms with Crippen molar-refractivity contribution in [1.29, 1.82) is 0 Å². The number of pyridine rings is 1. The molecule has 0 radical (unpaired) electrons. The van der Waals surface area contributed by atoms with E-state index in [0.717, 1.165) is 6.07 Å². The van der Waals surface area contributed by atoms with E-state index in [2.05, 4.69) is 4.98 Å². The normalized spacial score (nSPS) is 16.6. The second-order valence-corrected chi connectivity index (χ2v) is 4.16. The molecule has 1 N–H and O–H groups in total. The molecule has 0 bridgehead atoms. The van der Waals surface area contributed by atoms with Crippen molar-refractivity contribution in [1.82, 2.24) is 9.88 Å². The monoisotopic (exact) mass is 275 g/mol. The van der Waals surface area contributed by atoms with Crippen LogP contribution in [0.5, 0.6) is 0 Å². The zero-order chi connectivity index (χ0) is 14.0. The van der Waals surface area contributed by atoms with E-state index in [-0.39, 0.29) is 0 Å². The van der Waals surface area contributed by atoms with E-state index in [1.807, 2.05) is 4.90 Å². The molecule has 0 atom stereocenters. The lowest BCUT2D eigenvalue weighted by Gasteiger charge is -2.34. The minimum Gasteiger partial charge on any atom is -0.465 e. The zero-order valence-corrected chi connectivity index (χ0v) is 9.89. The van der Waals surface area contributed by atoms with Crippen LogP contribution in [-0.2, 0) is 6.18 Å². The lowest BCUT2D eigenvalue weighted by atomic mass is 10.2. The molecule has 0 aromatic carbocycles. The zero-order valence-electron chi connectivity index (χ0n) is 9.89. The van der Waals surface area contributed by atoms with Gasteiger partial charge in [0.1, 0.15) is 5.69 Å². The Morgan fingerprint density at radius 1 is 1.21 bits per heavy atom. The summed E-state index contributed by atoms with van der Waals surface area (Å²) in [5.74, 6) is 0. The Bertz CT molecular complexity index is 453. The van der Waals surface area contributed by atoms with Gasteiger partial charge >= 0.3 is 12.3 Å². The van der Waals surface area contributed by atoms with Gasteiger partial charge in [-0.05, 0) is 12.1 Å². The molecule has 5 nitrogen and oxygen atoms in total. The number of rotatable bonds is 1. The van der Waals surface area contributed by atoms with E-state index in [1.54, 1.807) is 0 Å². The molecule has 1 saturated heterocycles. The molecule has 104 valence electrons. The van der Waals surface area contributed by atoms with Crippen LogP contribution in [0.2, 0.25) is 0 Å². The van der Waals surface area contributed by atoms with Gasteiger partial charge in [-0.1, -0.05) is 0 Å². The Kier molecular flexibility index (Phi) is 3.50. The van der Waals surface area contributed by atoms with E-state index in [4.69, 9.17) is 5.11 Å². The number of carboxylic acid groups (broad SMARTS) is 1. The number of amides is 1. The molecule has 8 heteroatoms. The second-order valence-electron chi connectivity index (χ2n) is 4.16. The van der Waals surface area contributed by atoms with Crippen LogP contribution in [0.15, 0.2) is 18.3 Å². The Morgan fingerprint density at radius 2 is 1.84 bits per heavy atom. The first-order valence-corrected chi connectivity index (χ1v) is 5.64. The fraction of sp³-hybridized carbons (Fsp3) is 0.455. The van der Waals surface area contributed by atoms with Crippen LogP contribution >= 0.6 is 0 Å². The first kappa shape index (κ1) is 13.4. The van der Waals surface area contributed by atoms with E-state index >= 15 is 0 Å². The molecule has 0 spiro atoms. The van der Waals surface area contributed by atoms with Crippen molar-refractivity contribution in [3.05, 3.63) is 24.0 Å². The highest BCUT2D eigenvalue weighted by atomic mass is 19.4. The van der Waals surface area contributed by atoms with Gasteiger partial charge in [-0.15, -0.1) is 0 Å².